The first kappa shape index (κ1) is 18.2. The number of hydrogen-bond acceptors (Lipinski definition) is 3. The van der Waals surface area contributed by atoms with Crippen LogP contribution in [-0.4, -0.2) is 18.1 Å². The van der Waals surface area contributed by atoms with Crippen molar-refractivity contribution in [1.82, 2.24) is 10.6 Å². The van der Waals surface area contributed by atoms with Gasteiger partial charge in [-0.15, -0.1) is 0 Å². The Morgan fingerprint density at radius 2 is 1.88 bits per heavy atom. The number of hydrogen-bond donors (Lipinski definition) is 3. The maximum Gasteiger partial charge on any atom is 0.255 e. The summed E-state index contributed by atoms with van der Waals surface area (Å²) in [5.41, 5.74) is 2.56. The first-order valence-electron chi connectivity index (χ1n) is 7.98. The number of carbonyl (C=O) groups excluding carboxylic acids is 1. The van der Waals surface area contributed by atoms with E-state index in [0.29, 0.717) is 32.8 Å². The van der Waals surface area contributed by atoms with Crippen molar-refractivity contribution in [1.29, 1.82) is 0 Å². The number of amides is 1. The van der Waals surface area contributed by atoms with Crippen molar-refractivity contribution in [2.45, 2.75) is 13.0 Å². The van der Waals surface area contributed by atoms with Crippen LogP contribution < -0.4 is 20.7 Å². The number of para-hydroxylation sites is 2. The molecule has 1 aliphatic heterocycles. The minimum atomic E-state index is -0.442. The highest BCUT2D eigenvalue weighted by molar-refractivity contribution is 7.80. The molecule has 0 spiro atoms. The minimum Gasteiger partial charge on any atom is -0.496 e. The van der Waals surface area contributed by atoms with Crippen molar-refractivity contribution in [2.24, 2.45) is 0 Å². The molecular weight excluding hydrogens is 370 g/mol. The van der Waals surface area contributed by atoms with Gasteiger partial charge in [-0.3, -0.25) is 4.79 Å². The summed E-state index contributed by atoms with van der Waals surface area (Å²) >= 11 is 11.4. The summed E-state index contributed by atoms with van der Waals surface area (Å²) in [6.07, 6.45) is 0. The summed E-state index contributed by atoms with van der Waals surface area (Å²) in [6.45, 7) is 1.82. The molecule has 0 saturated carbocycles. The lowest BCUT2D eigenvalue weighted by Crippen LogP contribution is -2.45. The van der Waals surface area contributed by atoms with E-state index in [1.54, 1.807) is 19.2 Å². The Morgan fingerprint density at radius 3 is 2.62 bits per heavy atom. The van der Waals surface area contributed by atoms with Crippen molar-refractivity contribution in [3.63, 3.8) is 0 Å². The molecule has 2 aromatic carbocycles. The molecule has 0 fully saturated rings. The average molecular weight is 388 g/mol. The molecule has 1 atom stereocenters. The van der Waals surface area contributed by atoms with Crippen molar-refractivity contribution >= 4 is 40.5 Å². The van der Waals surface area contributed by atoms with Gasteiger partial charge in [-0.1, -0.05) is 41.9 Å². The highest BCUT2D eigenvalue weighted by Gasteiger charge is 2.31. The van der Waals surface area contributed by atoms with Crippen LogP contribution in [0.4, 0.5) is 5.69 Å². The van der Waals surface area contributed by atoms with Crippen molar-refractivity contribution in [3.8, 4) is 5.75 Å². The summed E-state index contributed by atoms with van der Waals surface area (Å²) in [7, 11) is 1.60. The van der Waals surface area contributed by atoms with Crippen LogP contribution >= 0.6 is 23.8 Å². The third-order valence-electron chi connectivity index (χ3n) is 4.09. The molecule has 1 amide bonds. The van der Waals surface area contributed by atoms with E-state index in [4.69, 9.17) is 28.6 Å². The number of allylic oxidation sites excluding steroid dienone is 1. The average Bonchev–Trinajstić information content (AvgIpc) is 2.62. The zero-order chi connectivity index (χ0) is 18.7. The molecule has 3 N–H and O–H groups in total. The first-order chi connectivity index (χ1) is 12.5. The molecule has 134 valence electrons. The van der Waals surface area contributed by atoms with Gasteiger partial charge in [0.25, 0.3) is 5.91 Å². The molecule has 26 heavy (non-hydrogen) atoms. The molecule has 1 aliphatic rings. The predicted octanol–water partition coefficient (Wildman–Crippen LogP) is 3.78. The number of nitrogens with one attached hydrogen (secondary N) is 3. The maximum atomic E-state index is 13.0. The third kappa shape index (κ3) is 3.66. The molecule has 2 aromatic rings. The second-order valence-corrected chi connectivity index (χ2v) is 6.56. The number of halogens is 1. The highest BCUT2D eigenvalue weighted by Crippen LogP contribution is 2.33. The van der Waals surface area contributed by atoms with Crippen LogP contribution in [0.5, 0.6) is 5.75 Å². The van der Waals surface area contributed by atoms with Gasteiger partial charge in [0.2, 0.25) is 0 Å². The predicted molar refractivity (Wildman–Crippen MR) is 107 cm³/mol. The summed E-state index contributed by atoms with van der Waals surface area (Å²) in [6, 6.07) is 14.2. The van der Waals surface area contributed by atoms with Gasteiger partial charge in [0, 0.05) is 11.3 Å². The van der Waals surface area contributed by atoms with Gasteiger partial charge in [-0.05, 0) is 37.3 Å². The van der Waals surface area contributed by atoms with E-state index in [0.717, 1.165) is 5.56 Å². The lowest BCUT2D eigenvalue weighted by Gasteiger charge is -2.31. The lowest BCUT2D eigenvalue weighted by molar-refractivity contribution is -0.113. The van der Waals surface area contributed by atoms with E-state index in [2.05, 4.69) is 16.0 Å². The Balaban J connectivity index is 2.01. The smallest absolute Gasteiger partial charge is 0.255 e. The van der Waals surface area contributed by atoms with Gasteiger partial charge < -0.3 is 20.7 Å². The fourth-order valence-electron chi connectivity index (χ4n) is 2.89. The van der Waals surface area contributed by atoms with Gasteiger partial charge in [0.1, 0.15) is 5.75 Å². The van der Waals surface area contributed by atoms with Gasteiger partial charge in [-0.25, -0.2) is 0 Å². The summed E-state index contributed by atoms with van der Waals surface area (Å²) in [5, 5.41) is 9.96. The van der Waals surface area contributed by atoms with Crippen molar-refractivity contribution in [2.75, 3.05) is 12.4 Å². The largest absolute Gasteiger partial charge is 0.496 e. The van der Waals surface area contributed by atoms with E-state index in [9.17, 15) is 4.79 Å². The summed E-state index contributed by atoms with van der Waals surface area (Å²) < 4.78 is 5.46. The molecule has 0 radical (unpaired) electrons. The lowest BCUT2D eigenvalue weighted by atomic mass is 9.94. The standard InChI is InChI=1S/C19H18ClN3O2S/c1-11-16(18(24)22-14-9-5-4-8-13(14)20)17(23-19(26)21-11)12-7-3-6-10-15(12)25-2/h3-10,17H,1-2H3,(H,22,24)(H2,21,23,26)/t17-/m0/s1. The van der Waals surface area contributed by atoms with Crippen LogP contribution in [0.25, 0.3) is 0 Å². The maximum absolute atomic E-state index is 13.0. The normalized spacial score (nSPS) is 16.6. The van der Waals surface area contributed by atoms with Crippen LogP contribution in [0, 0.1) is 0 Å². The Labute approximate surface area is 162 Å². The molecule has 0 saturated heterocycles. The number of methoxy groups -OCH3 is 1. The Morgan fingerprint density at radius 1 is 1.19 bits per heavy atom. The molecule has 7 heteroatoms. The van der Waals surface area contributed by atoms with E-state index < -0.39 is 6.04 Å². The van der Waals surface area contributed by atoms with Crippen LogP contribution in [0.3, 0.4) is 0 Å². The van der Waals surface area contributed by atoms with Crippen LogP contribution in [0.2, 0.25) is 5.02 Å². The summed E-state index contributed by atoms with van der Waals surface area (Å²) in [4.78, 5) is 13.0. The molecule has 0 unspecified atom stereocenters. The topological polar surface area (TPSA) is 62.4 Å². The SMILES string of the molecule is COc1ccccc1[C@@H]1NC(=S)NC(C)=C1C(=O)Nc1ccccc1Cl. The zero-order valence-corrected chi connectivity index (χ0v) is 15.9. The fraction of sp³-hybridized carbons (Fsp3) is 0.158. The molecule has 0 bridgehead atoms. The monoisotopic (exact) mass is 387 g/mol. The highest BCUT2D eigenvalue weighted by atomic mass is 35.5. The van der Waals surface area contributed by atoms with Gasteiger partial charge in [0.15, 0.2) is 5.11 Å². The number of benzene rings is 2. The van der Waals surface area contributed by atoms with Crippen LogP contribution in [0.1, 0.15) is 18.5 Å². The Bertz CT molecular complexity index is 898. The zero-order valence-electron chi connectivity index (χ0n) is 14.3. The van der Waals surface area contributed by atoms with E-state index in [1.807, 2.05) is 43.3 Å². The summed E-state index contributed by atoms with van der Waals surface area (Å²) in [5.74, 6) is 0.402. The van der Waals surface area contributed by atoms with Crippen molar-refractivity contribution in [3.05, 3.63) is 70.4 Å². The molecule has 3 rings (SSSR count). The molecular formula is C19H18ClN3O2S. The van der Waals surface area contributed by atoms with Gasteiger partial charge in [-0.2, -0.15) is 0 Å². The number of anilines is 1. The second kappa shape index (κ2) is 7.76. The van der Waals surface area contributed by atoms with Crippen LogP contribution in [0.15, 0.2) is 59.8 Å². The molecule has 5 nitrogen and oxygen atoms in total. The number of rotatable bonds is 4. The third-order valence-corrected chi connectivity index (χ3v) is 4.64. The minimum absolute atomic E-state index is 0.269. The van der Waals surface area contributed by atoms with E-state index in [-0.39, 0.29) is 5.91 Å². The first-order valence-corrected chi connectivity index (χ1v) is 8.77. The van der Waals surface area contributed by atoms with Gasteiger partial charge >= 0.3 is 0 Å². The van der Waals surface area contributed by atoms with E-state index >= 15 is 0 Å². The number of ether oxygens (including phenoxy) is 1. The van der Waals surface area contributed by atoms with Gasteiger partial charge in [0.05, 0.1) is 29.4 Å². The molecule has 0 aromatic heterocycles. The van der Waals surface area contributed by atoms with Crippen molar-refractivity contribution < 1.29 is 9.53 Å². The second-order valence-electron chi connectivity index (χ2n) is 5.75. The number of carbonyl (C=O) groups is 1. The quantitative estimate of drug-likeness (QED) is 0.697. The van der Waals surface area contributed by atoms with Crippen LogP contribution in [-0.2, 0) is 4.79 Å². The Hall–Kier alpha value is -2.57. The molecule has 1 heterocycles. The Kier molecular flexibility index (Phi) is 5.44. The fourth-order valence-corrected chi connectivity index (χ4v) is 3.34. The molecule has 0 aliphatic carbocycles. The van der Waals surface area contributed by atoms with E-state index in [1.165, 1.54) is 0 Å². The number of thiocarbonyl (C=S) groups is 1.